The topological polar surface area (TPSA) is 68.8 Å². The van der Waals surface area contributed by atoms with Crippen molar-refractivity contribution in [1.29, 1.82) is 0 Å². The Kier molecular flexibility index (Phi) is 7.15. The molecule has 5 heteroatoms. The van der Waals surface area contributed by atoms with Gasteiger partial charge in [0.25, 0.3) is 0 Å². The SMILES string of the molecule is CC.CCNCc1nc2cnc3ccccc3c2n1CCCCN. The first-order valence-corrected chi connectivity index (χ1v) is 8.98. The number of imidazole rings is 1. The van der Waals surface area contributed by atoms with Crippen LogP contribution < -0.4 is 11.1 Å². The van der Waals surface area contributed by atoms with Gasteiger partial charge in [-0.3, -0.25) is 4.98 Å². The van der Waals surface area contributed by atoms with Gasteiger partial charge in [-0.2, -0.15) is 0 Å². The minimum absolute atomic E-state index is 0.734. The van der Waals surface area contributed by atoms with Crippen molar-refractivity contribution in [3.63, 3.8) is 0 Å². The zero-order chi connectivity index (χ0) is 17.4. The van der Waals surface area contributed by atoms with Crippen molar-refractivity contribution in [3.05, 3.63) is 36.3 Å². The van der Waals surface area contributed by atoms with Gasteiger partial charge in [-0.1, -0.05) is 39.0 Å². The highest BCUT2D eigenvalue weighted by atomic mass is 15.1. The molecule has 0 aliphatic heterocycles. The van der Waals surface area contributed by atoms with E-state index in [1.807, 2.05) is 26.1 Å². The van der Waals surface area contributed by atoms with Gasteiger partial charge in [-0.05, 0) is 32.0 Å². The Bertz CT molecular complexity index is 763. The molecular formula is C19H29N5. The highest BCUT2D eigenvalue weighted by Gasteiger charge is 2.13. The minimum atomic E-state index is 0.734. The summed E-state index contributed by atoms with van der Waals surface area (Å²) in [5, 5.41) is 4.55. The predicted octanol–water partition coefficient (Wildman–Crippen LogP) is 3.46. The third-order valence-corrected chi connectivity index (χ3v) is 3.93. The number of pyridine rings is 1. The van der Waals surface area contributed by atoms with Gasteiger partial charge < -0.3 is 15.6 Å². The molecule has 0 spiro atoms. The van der Waals surface area contributed by atoms with E-state index < -0.39 is 0 Å². The molecule has 3 aromatic rings. The van der Waals surface area contributed by atoms with E-state index in [9.17, 15) is 0 Å². The van der Waals surface area contributed by atoms with Gasteiger partial charge in [-0.15, -0.1) is 0 Å². The number of fused-ring (bicyclic) bond motifs is 3. The second-order valence-electron chi connectivity index (χ2n) is 5.46. The zero-order valence-electron chi connectivity index (χ0n) is 15.0. The molecular weight excluding hydrogens is 298 g/mol. The van der Waals surface area contributed by atoms with E-state index in [1.165, 1.54) is 10.9 Å². The van der Waals surface area contributed by atoms with Crippen molar-refractivity contribution in [2.45, 2.75) is 46.7 Å². The van der Waals surface area contributed by atoms with Gasteiger partial charge in [0.15, 0.2) is 0 Å². The summed E-state index contributed by atoms with van der Waals surface area (Å²) in [6.07, 6.45) is 3.98. The molecule has 2 heterocycles. The third kappa shape index (κ3) is 3.91. The first kappa shape index (κ1) is 18.4. The van der Waals surface area contributed by atoms with E-state index in [0.717, 1.165) is 55.9 Å². The lowest BCUT2D eigenvalue weighted by Gasteiger charge is -2.10. The molecule has 0 aliphatic rings. The van der Waals surface area contributed by atoms with Crippen molar-refractivity contribution in [2.75, 3.05) is 13.1 Å². The molecule has 0 unspecified atom stereocenters. The number of unbranched alkanes of at least 4 members (excludes halogenated alkanes) is 1. The Labute approximate surface area is 144 Å². The predicted molar refractivity (Wildman–Crippen MR) is 102 cm³/mol. The van der Waals surface area contributed by atoms with Crippen LogP contribution >= 0.6 is 0 Å². The number of nitrogens with two attached hydrogens (primary N) is 1. The van der Waals surface area contributed by atoms with Crippen LogP contribution in [0, 0.1) is 0 Å². The molecule has 0 aliphatic carbocycles. The summed E-state index contributed by atoms with van der Waals surface area (Å²) in [5.41, 5.74) is 8.82. The van der Waals surface area contributed by atoms with E-state index in [0.29, 0.717) is 0 Å². The standard InChI is InChI=1S/C17H23N5.C2H6/c1-2-19-12-16-21-15-11-20-14-8-4-3-7-13(14)17(15)22(16)10-6-5-9-18;1-2/h3-4,7-8,11,19H,2,5-6,9-10,12,18H2,1H3;1-2H3. The number of hydrogen-bond donors (Lipinski definition) is 2. The fourth-order valence-electron chi connectivity index (χ4n) is 2.84. The highest BCUT2D eigenvalue weighted by Crippen LogP contribution is 2.25. The van der Waals surface area contributed by atoms with Gasteiger partial charge >= 0.3 is 0 Å². The summed E-state index contributed by atoms with van der Waals surface area (Å²) in [6, 6.07) is 8.26. The lowest BCUT2D eigenvalue weighted by Crippen LogP contribution is -2.16. The molecule has 130 valence electrons. The molecule has 0 bridgehead atoms. The van der Waals surface area contributed by atoms with Crippen LogP contribution in [0.25, 0.3) is 21.9 Å². The summed E-state index contributed by atoms with van der Waals surface area (Å²) in [5.74, 6) is 1.08. The van der Waals surface area contributed by atoms with Crippen LogP contribution in [0.1, 0.15) is 39.4 Å². The fourth-order valence-corrected chi connectivity index (χ4v) is 2.84. The lowest BCUT2D eigenvalue weighted by atomic mass is 10.2. The monoisotopic (exact) mass is 327 g/mol. The number of rotatable bonds is 7. The zero-order valence-corrected chi connectivity index (χ0v) is 15.0. The average molecular weight is 327 g/mol. The summed E-state index contributed by atoms with van der Waals surface area (Å²) in [4.78, 5) is 9.31. The maximum absolute atomic E-state index is 5.64. The molecule has 0 radical (unpaired) electrons. The smallest absolute Gasteiger partial charge is 0.123 e. The summed E-state index contributed by atoms with van der Waals surface area (Å²) < 4.78 is 2.33. The van der Waals surface area contributed by atoms with Crippen LogP contribution in [-0.4, -0.2) is 27.6 Å². The summed E-state index contributed by atoms with van der Waals surface area (Å²) >= 11 is 0. The molecule has 0 fully saturated rings. The second-order valence-corrected chi connectivity index (χ2v) is 5.46. The maximum atomic E-state index is 5.64. The number of benzene rings is 1. The molecule has 5 nitrogen and oxygen atoms in total. The quantitative estimate of drug-likeness (QED) is 0.652. The molecule has 0 saturated carbocycles. The van der Waals surface area contributed by atoms with Crippen molar-refractivity contribution in [1.82, 2.24) is 19.9 Å². The molecule has 0 saturated heterocycles. The molecule has 0 atom stereocenters. The fraction of sp³-hybridized carbons (Fsp3) is 0.474. The van der Waals surface area contributed by atoms with Crippen LogP contribution in [0.2, 0.25) is 0 Å². The van der Waals surface area contributed by atoms with Gasteiger partial charge in [0.05, 0.1) is 23.8 Å². The number of hydrogen-bond acceptors (Lipinski definition) is 4. The van der Waals surface area contributed by atoms with Crippen molar-refractivity contribution in [2.24, 2.45) is 5.73 Å². The van der Waals surface area contributed by atoms with Crippen LogP contribution in [0.5, 0.6) is 0 Å². The van der Waals surface area contributed by atoms with Crippen LogP contribution in [0.15, 0.2) is 30.5 Å². The van der Waals surface area contributed by atoms with Gasteiger partial charge in [0.1, 0.15) is 11.3 Å². The van der Waals surface area contributed by atoms with E-state index in [2.05, 4.69) is 40.0 Å². The first-order chi connectivity index (χ1) is 11.8. The Balaban J connectivity index is 0.00000100. The minimum Gasteiger partial charge on any atom is -0.330 e. The van der Waals surface area contributed by atoms with E-state index in [4.69, 9.17) is 10.7 Å². The van der Waals surface area contributed by atoms with Crippen molar-refractivity contribution < 1.29 is 0 Å². The molecule has 0 amide bonds. The lowest BCUT2D eigenvalue weighted by molar-refractivity contribution is 0.580. The van der Waals surface area contributed by atoms with E-state index in [-0.39, 0.29) is 0 Å². The number of nitrogens with one attached hydrogen (secondary N) is 1. The maximum Gasteiger partial charge on any atom is 0.123 e. The van der Waals surface area contributed by atoms with Gasteiger partial charge in [0, 0.05) is 11.9 Å². The molecule has 24 heavy (non-hydrogen) atoms. The van der Waals surface area contributed by atoms with Crippen molar-refractivity contribution in [3.8, 4) is 0 Å². The molecule has 3 N–H and O–H groups in total. The second kappa shape index (κ2) is 9.35. The first-order valence-electron chi connectivity index (χ1n) is 8.98. The molecule has 1 aromatic carbocycles. The Hall–Kier alpha value is -1.98. The number of para-hydroxylation sites is 1. The van der Waals surface area contributed by atoms with E-state index >= 15 is 0 Å². The average Bonchev–Trinajstić information content (AvgIpc) is 3.00. The van der Waals surface area contributed by atoms with Crippen LogP contribution in [0.4, 0.5) is 0 Å². The highest BCUT2D eigenvalue weighted by molar-refractivity contribution is 6.02. The molecule has 2 aromatic heterocycles. The number of aryl methyl sites for hydroxylation is 1. The summed E-state index contributed by atoms with van der Waals surface area (Å²) in [7, 11) is 0. The van der Waals surface area contributed by atoms with Crippen LogP contribution in [-0.2, 0) is 13.1 Å². The van der Waals surface area contributed by atoms with Gasteiger partial charge in [-0.25, -0.2) is 4.98 Å². The Morgan fingerprint density at radius 3 is 2.67 bits per heavy atom. The van der Waals surface area contributed by atoms with Crippen molar-refractivity contribution >= 4 is 21.9 Å². The normalized spacial score (nSPS) is 10.8. The third-order valence-electron chi connectivity index (χ3n) is 3.93. The largest absolute Gasteiger partial charge is 0.330 e. The number of aromatic nitrogens is 3. The molecule has 3 rings (SSSR count). The van der Waals surface area contributed by atoms with Gasteiger partial charge in [0.2, 0.25) is 0 Å². The number of nitrogens with zero attached hydrogens (tertiary/aromatic N) is 3. The Morgan fingerprint density at radius 1 is 1.12 bits per heavy atom. The summed E-state index contributed by atoms with van der Waals surface area (Å²) in [6.45, 7) is 9.51. The Morgan fingerprint density at radius 2 is 1.92 bits per heavy atom. The van der Waals surface area contributed by atoms with E-state index in [1.54, 1.807) is 0 Å². The van der Waals surface area contributed by atoms with Crippen LogP contribution in [0.3, 0.4) is 0 Å².